The molecule has 0 bridgehead atoms. The number of aliphatic imine (C=N–C) groups is 1. The van der Waals surface area contributed by atoms with Crippen LogP contribution in [0.5, 0.6) is 0 Å². The van der Waals surface area contributed by atoms with E-state index in [0.717, 1.165) is 13.0 Å². The lowest BCUT2D eigenvalue weighted by molar-refractivity contribution is 0.607. The summed E-state index contributed by atoms with van der Waals surface area (Å²) in [6.07, 6.45) is 1.57. The van der Waals surface area contributed by atoms with Gasteiger partial charge in [-0.3, -0.25) is 4.99 Å². The lowest BCUT2D eigenvalue weighted by Crippen LogP contribution is -2.33. The molecule has 0 atom stereocenters. The van der Waals surface area contributed by atoms with Crippen LogP contribution in [0.25, 0.3) is 0 Å². The molecule has 0 aromatic heterocycles. The highest BCUT2D eigenvalue weighted by Gasteiger charge is 1.99. The SMILES string of the molecule is CCCN=C(N)NCCc1ccccc1F.I. The predicted molar refractivity (Wildman–Crippen MR) is 80.3 cm³/mol. The molecule has 0 radical (unpaired) electrons. The molecule has 96 valence electrons. The first kappa shape index (κ1) is 16.1. The Morgan fingerprint density at radius 1 is 1.41 bits per heavy atom. The number of guanidine groups is 1. The lowest BCUT2D eigenvalue weighted by Gasteiger charge is -2.06. The van der Waals surface area contributed by atoms with Crippen molar-refractivity contribution in [3.05, 3.63) is 35.6 Å². The second-order valence-corrected chi connectivity index (χ2v) is 3.54. The summed E-state index contributed by atoms with van der Waals surface area (Å²) in [5, 5.41) is 2.95. The highest BCUT2D eigenvalue weighted by atomic mass is 127. The molecule has 5 heteroatoms. The molecule has 3 nitrogen and oxygen atoms in total. The zero-order valence-electron chi connectivity index (χ0n) is 9.95. The zero-order chi connectivity index (χ0) is 11.8. The van der Waals surface area contributed by atoms with Gasteiger partial charge < -0.3 is 11.1 Å². The second kappa shape index (κ2) is 9.21. The largest absolute Gasteiger partial charge is 0.370 e. The molecule has 0 aliphatic carbocycles. The number of hydrogen-bond acceptors (Lipinski definition) is 1. The molecule has 0 heterocycles. The minimum Gasteiger partial charge on any atom is -0.370 e. The number of rotatable bonds is 5. The smallest absolute Gasteiger partial charge is 0.188 e. The average molecular weight is 351 g/mol. The number of nitrogens with one attached hydrogen (secondary N) is 1. The van der Waals surface area contributed by atoms with E-state index in [1.165, 1.54) is 6.07 Å². The van der Waals surface area contributed by atoms with E-state index in [1.54, 1.807) is 12.1 Å². The highest BCUT2D eigenvalue weighted by Crippen LogP contribution is 2.05. The molecular formula is C12H19FIN3. The summed E-state index contributed by atoms with van der Waals surface area (Å²) in [6, 6.07) is 6.75. The Bertz CT molecular complexity index is 355. The van der Waals surface area contributed by atoms with Crippen LogP contribution in [0.1, 0.15) is 18.9 Å². The van der Waals surface area contributed by atoms with Crippen molar-refractivity contribution in [2.45, 2.75) is 19.8 Å². The molecule has 1 aromatic carbocycles. The third-order valence-electron chi connectivity index (χ3n) is 2.16. The van der Waals surface area contributed by atoms with Crippen LogP contribution in [0, 0.1) is 5.82 Å². The van der Waals surface area contributed by atoms with Gasteiger partial charge in [0.25, 0.3) is 0 Å². The van der Waals surface area contributed by atoms with Crippen molar-refractivity contribution >= 4 is 29.9 Å². The van der Waals surface area contributed by atoms with Crippen molar-refractivity contribution in [1.82, 2.24) is 5.32 Å². The van der Waals surface area contributed by atoms with Gasteiger partial charge in [-0.1, -0.05) is 25.1 Å². The van der Waals surface area contributed by atoms with E-state index in [1.807, 2.05) is 13.0 Å². The van der Waals surface area contributed by atoms with E-state index in [-0.39, 0.29) is 29.8 Å². The minimum atomic E-state index is -0.173. The van der Waals surface area contributed by atoms with Gasteiger partial charge in [0.1, 0.15) is 5.82 Å². The van der Waals surface area contributed by atoms with Gasteiger partial charge in [-0.2, -0.15) is 0 Å². The predicted octanol–water partition coefficient (Wildman–Crippen LogP) is 2.30. The molecule has 0 spiro atoms. The van der Waals surface area contributed by atoms with Crippen molar-refractivity contribution < 1.29 is 4.39 Å². The summed E-state index contributed by atoms with van der Waals surface area (Å²) >= 11 is 0. The summed E-state index contributed by atoms with van der Waals surface area (Å²) in [5.41, 5.74) is 6.30. The van der Waals surface area contributed by atoms with Crippen LogP contribution in [0.3, 0.4) is 0 Å². The standard InChI is InChI=1S/C12H18FN3.HI/c1-2-8-15-12(14)16-9-7-10-5-3-4-6-11(10)13;/h3-6H,2,7-9H2,1H3,(H3,14,15,16);1H. The van der Waals surface area contributed by atoms with Crippen molar-refractivity contribution in [3.63, 3.8) is 0 Å². The van der Waals surface area contributed by atoms with Crippen LogP contribution in [-0.4, -0.2) is 19.0 Å². The third-order valence-corrected chi connectivity index (χ3v) is 2.16. The molecule has 1 aromatic rings. The summed E-state index contributed by atoms with van der Waals surface area (Å²) in [5.74, 6) is 0.256. The maximum Gasteiger partial charge on any atom is 0.188 e. The van der Waals surface area contributed by atoms with Crippen LogP contribution in [0.2, 0.25) is 0 Å². The van der Waals surface area contributed by atoms with E-state index < -0.39 is 0 Å². The van der Waals surface area contributed by atoms with E-state index in [2.05, 4.69) is 10.3 Å². The summed E-state index contributed by atoms with van der Waals surface area (Å²) in [7, 11) is 0. The maximum atomic E-state index is 13.2. The number of halogens is 2. The van der Waals surface area contributed by atoms with Crippen LogP contribution >= 0.6 is 24.0 Å². The molecule has 1 rings (SSSR count). The number of benzene rings is 1. The first-order valence-electron chi connectivity index (χ1n) is 5.51. The highest BCUT2D eigenvalue weighted by molar-refractivity contribution is 14.0. The van der Waals surface area contributed by atoms with Crippen LogP contribution < -0.4 is 11.1 Å². The van der Waals surface area contributed by atoms with Gasteiger partial charge >= 0.3 is 0 Å². The van der Waals surface area contributed by atoms with Crippen molar-refractivity contribution in [2.24, 2.45) is 10.7 Å². The molecule has 0 saturated carbocycles. The Labute approximate surface area is 119 Å². The van der Waals surface area contributed by atoms with Crippen LogP contribution in [0.15, 0.2) is 29.3 Å². The molecule has 0 aliphatic heterocycles. The van der Waals surface area contributed by atoms with Gasteiger partial charge in [0.05, 0.1) is 0 Å². The fraction of sp³-hybridized carbons (Fsp3) is 0.417. The summed E-state index contributed by atoms with van der Waals surface area (Å²) in [6.45, 7) is 3.36. The Morgan fingerprint density at radius 3 is 2.76 bits per heavy atom. The Morgan fingerprint density at radius 2 is 2.12 bits per heavy atom. The molecule has 0 fully saturated rings. The monoisotopic (exact) mass is 351 g/mol. The first-order valence-corrected chi connectivity index (χ1v) is 5.51. The molecule has 17 heavy (non-hydrogen) atoms. The van der Waals surface area contributed by atoms with Gasteiger partial charge in [-0.15, -0.1) is 24.0 Å². The van der Waals surface area contributed by atoms with Gasteiger partial charge in [0, 0.05) is 13.1 Å². The lowest BCUT2D eigenvalue weighted by atomic mass is 10.1. The summed E-state index contributed by atoms with van der Waals surface area (Å²) in [4.78, 5) is 4.09. The fourth-order valence-electron chi connectivity index (χ4n) is 1.31. The zero-order valence-corrected chi connectivity index (χ0v) is 12.3. The van der Waals surface area contributed by atoms with Crippen LogP contribution in [0.4, 0.5) is 4.39 Å². The van der Waals surface area contributed by atoms with E-state index in [9.17, 15) is 4.39 Å². The second-order valence-electron chi connectivity index (χ2n) is 3.54. The molecular weight excluding hydrogens is 332 g/mol. The minimum absolute atomic E-state index is 0. The number of nitrogens with zero attached hydrogens (tertiary/aromatic N) is 1. The van der Waals surface area contributed by atoms with Gasteiger partial charge in [-0.25, -0.2) is 4.39 Å². The summed E-state index contributed by atoms with van der Waals surface area (Å²) < 4.78 is 13.2. The Hall–Kier alpha value is -0.850. The topological polar surface area (TPSA) is 50.4 Å². The third kappa shape index (κ3) is 6.45. The number of nitrogens with two attached hydrogens (primary N) is 1. The molecule has 0 unspecified atom stereocenters. The van der Waals surface area contributed by atoms with Crippen molar-refractivity contribution in [3.8, 4) is 0 Å². The van der Waals surface area contributed by atoms with E-state index in [4.69, 9.17) is 5.73 Å². The molecule has 3 N–H and O–H groups in total. The quantitative estimate of drug-likeness (QED) is 0.486. The maximum absolute atomic E-state index is 13.2. The van der Waals surface area contributed by atoms with Gasteiger partial charge in [-0.05, 0) is 24.5 Å². The van der Waals surface area contributed by atoms with Crippen LogP contribution in [-0.2, 0) is 6.42 Å². The Balaban J connectivity index is 0.00000256. The van der Waals surface area contributed by atoms with Gasteiger partial charge in [0.2, 0.25) is 0 Å². The van der Waals surface area contributed by atoms with Crippen molar-refractivity contribution in [2.75, 3.05) is 13.1 Å². The Kier molecular flexibility index (Phi) is 8.75. The molecule has 0 saturated heterocycles. The molecule has 0 amide bonds. The fourth-order valence-corrected chi connectivity index (χ4v) is 1.31. The van der Waals surface area contributed by atoms with Gasteiger partial charge in [0.15, 0.2) is 5.96 Å². The normalized spacial score (nSPS) is 10.8. The molecule has 0 aliphatic rings. The first-order chi connectivity index (χ1) is 7.74. The van der Waals surface area contributed by atoms with E-state index >= 15 is 0 Å². The average Bonchev–Trinajstić information content (AvgIpc) is 2.29. The van der Waals surface area contributed by atoms with Crippen molar-refractivity contribution in [1.29, 1.82) is 0 Å². The van der Waals surface area contributed by atoms with E-state index in [0.29, 0.717) is 24.5 Å². The number of hydrogen-bond donors (Lipinski definition) is 2.